The number of hydrogen-bond donors (Lipinski definition) is 1. The van der Waals surface area contributed by atoms with E-state index in [2.05, 4.69) is 5.32 Å². The summed E-state index contributed by atoms with van der Waals surface area (Å²) >= 11 is 0. The number of sulfonamides is 1. The highest BCUT2D eigenvalue weighted by Crippen LogP contribution is 2.28. The molecule has 0 heterocycles. The molecule has 3 aromatic carbocycles. The second kappa shape index (κ2) is 11.7. The first-order valence-corrected chi connectivity index (χ1v) is 12.4. The highest BCUT2D eigenvalue weighted by Gasteiger charge is 2.27. The Morgan fingerprint density at radius 3 is 2.06 bits per heavy atom. The number of methoxy groups -OCH3 is 3. The number of carbonyl (C=O) groups is 1. The zero-order chi connectivity index (χ0) is 25.4. The fraction of sp³-hybridized carbons (Fsp3) is 0.269. The highest BCUT2D eigenvalue weighted by atomic mass is 32.2. The van der Waals surface area contributed by atoms with Gasteiger partial charge in [-0.15, -0.1) is 0 Å². The van der Waals surface area contributed by atoms with E-state index in [0.717, 1.165) is 5.56 Å². The van der Waals surface area contributed by atoms with E-state index in [1.165, 1.54) is 31.7 Å². The molecule has 1 N–H and O–H groups in total. The molecule has 0 spiro atoms. The van der Waals surface area contributed by atoms with Crippen molar-refractivity contribution in [3.05, 3.63) is 83.4 Å². The third kappa shape index (κ3) is 6.32. The van der Waals surface area contributed by atoms with E-state index >= 15 is 0 Å². The average Bonchev–Trinajstić information content (AvgIpc) is 2.87. The smallest absolute Gasteiger partial charge is 0.243 e. The number of amides is 1. The summed E-state index contributed by atoms with van der Waals surface area (Å²) in [6.07, 6.45) is 0. The lowest BCUT2D eigenvalue weighted by atomic mass is 10.1. The van der Waals surface area contributed by atoms with Gasteiger partial charge in [0.2, 0.25) is 15.9 Å². The molecule has 0 atom stereocenters. The van der Waals surface area contributed by atoms with E-state index in [0.29, 0.717) is 28.4 Å². The molecule has 35 heavy (non-hydrogen) atoms. The van der Waals surface area contributed by atoms with E-state index in [1.807, 2.05) is 30.3 Å². The number of carbonyl (C=O) groups excluding carboxylic acids is 1. The maximum absolute atomic E-state index is 13.6. The molecule has 0 aliphatic rings. The van der Waals surface area contributed by atoms with E-state index in [1.54, 1.807) is 37.3 Å². The lowest BCUT2D eigenvalue weighted by Crippen LogP contribution is -2.40. The van der Waals surface area contributed by atoms with Crippen molar-refractivity contribution >= 4 is 15.9 Å². The molecule has 0 aliphatic heterocycles. The van der Waals surface area contributed by atoms with Crippen LogP contribution in [0.15, 0.2) is 71.6 Å². The molecule has 0 fully saturated rings. The molecule has 186 valence electrons. The van der Waals surface area contributed by atoms with E-state index < -0.39 is 15.9 Å². The van der Waals surface area contributed by atoms with E-state index in [4.69, 9.17) is 14.2 Å². The zero-order valence-electron chi connectivity index (χ0n) is 20.3. The Kier molecular flexibility index (Phi) is 8.73. The Labute approximate surface area is 206 Å². The van der Waals surface area contributed by atoms with Crippen LogP contribution >= 0.6 is 0 Å². The molecule has 0 radical (unpaired) electrons. The predicted octanol–water partition coefficient (Wildman–Crippen LogP) is 3.53. The highest BCUT2D eigenvalue weighted by molar-refractivity contribution is 7.89. The minimum atomic E-state index is -3.98. The fourth-order valence-corrected chi connectivity index (χ4v) is 5.15. The van der Waals surface area contributed by atoms with Gasteiger partial charge in [0.05, 0.1) is 44.9 Å². The molecule has 0 saturated heterocycles. The molecule has 9 heteroatoms. The second-order valence-corrected chi connectivity index (χ2v) is 9.75. The SMILES string of the molecule is COc1ccc(S(=O)(=O)N(CC(=O)NCc2c(OC)cccc2OC)Cc2ccccc2)cc1C. The summed E-state index contributed by atoms with van der Waals surface area (Å²) in [6, 6.07) is 19.1. The van der Waals surface area contributed by atoms with Crippen LogP contribution < -0.4 is 19.5 Å². The van der Waals surface area contributed by atoms with Gasteiger partial charge in [-0.05, 0) is 48.4 Å². The number of hydrogen-bond acceptors (Lipinski definition) is 6. The Hall–Kier alpha value is -3.56. The van der Waals surface area contributed by atoms with Crippen LogP contribution in [0.25, 0.3) is 0 Å². The molecular weight excluding hydrogens is 468 g/mol. The molecule has 8 nitrogen and oxygen atoms in total. The van der Waals surface area contributed by atoms with Crippen LogP contribution in [0.5, 0.6) is 17.2 Å². The predicted molar refractivity (Wildman–Crippen MR) is 133 cm³/mol. The van der Waals surface area contributed by atoms with Crippen LogP contribution in [0.4, 0.5) is 0 Å². The number of benzene rings is 3. The average molecular weight is 499 g/mol. The van der Waals surface area contributed by atoms with Crippen molar-refractivity contribution in [3.63, 3.8) is 0 Å². The Balaban J connectivity index is 1.85. The fourth-order valence-electron chi connectivity index (χ4n) is 3.68. The summed E-state index contributed by atoms with van der Waals surface area (Å²) in [5.41, 5.74) is 2.11. The molecule has 0 saturated carbocycles. The summed E-state index contributed by atoms with van der Waals surface area (Å²) in [4.78, 5) is 13.0. The van der Waals surface area contributed by atoms with Crippen molar-refractivity contribution in [1.29, 1.82) is 0 Å². The molecule has 1 amide bonds. The van der Waals surface area contributed by atoms with Gasteiger partial charge in [0, 0.05) is 6.54 Å². The Morgan fingerprint density at radius 1 is 0.857 bits per heavy atom. The lowest BCUT2D eigenvalue weighted by molar-refractivity contribution is -0.121. The summed E-state index contributed by atoms with van der Waals surface area (Å²) in [5, 5.41) is 2.79. The third-order valence-corrected chi connectivity index (χ3v) is 7.31. The molecular formula is C26H30N2O6S. The third-order valence-electron chi connectivity index (χ3n) is 5.52. The van der Waals surface area contributed by atoms with Crippen molar-refractivity contribution in [2.75, 3.05) is 27.9 Å². The number of rotatable bonds is 11. The largest absolute Gasteiger partial charge is 0.496 e. The summed E-state index contributed by atoms with van der Waals surface area (Å²) < 4.78 is 44.3. The van der Waals surface area contributed by atoms with Gasteiger partial charge in [0.1, 0.15) is 17.2 Å². The van der Waals surface area contributed by atoms with Gasteiger partial charge in [-0.3, -0.25) is 4.79 Å². The van der Waals surface area contributed by atoms with Gasteiger partial charge in [0.25, 0.3) is 0 Å². The van der Waals surface area contributed by atoms with Crippen LogP contribution in [0.1, 0.15) is 16.7 Å². The van der Waals surface area contributed by atoms with Crippen molar-refractivity contribution < 1.29 is 27.4 Å². The minimum Gasteiger partial charge on any atom is -0.496 e. The van der Waals surface area contributed by atoms with E-state index in [9.17, 15) is 13.2 Å². The maximum atomic E-state index is 13.6. The van der Waals surface area contributed by atoms with Crippen LogP contribution in [-0.2, 0) is 27.9 Å². The minimum absolute atomic E-state index is 0.0413. The van der Waals surface area contributed by atoms with Crippen molar-refractivity contribution in [3.8, 4) is 17.2 Å². The molecule has 0 aromatic heterocycles. The van der Waals surface area contributed by atoms with Gasteiger partial charge >= 0.3 is 0 Å². The topological polar surface area (TPSA) is 94.2 Å². The quantitative estimate of drug-likeness (QED) is 0.435. The van der Waals surface area contributed by atoms with Crippen molar-refractivity contribution in [2.24, 2.45) is 0 Å². The van der Waals surface area contributed by atoms with Crippen molar-refractivity contribution in [1.82, 2.24) is 9.62 Å². The van der Waals surface area contributed by atoms with Crippen LogP contribution in [0.2, 0.25) is 0 Å². The first kappa shape index (κ1) is 26.1. The Bertz CT molecular complexity index is 1240. The first-order valence-electron chi connectivity index (χ1n) is 11.0. The van der Waals surface area contributed by atoms with E-state index in [-0.39, 0.29) is 24.5 Å². The van der Waals surface area contributed by atoms with Gasteiger partial charge < -0.3 is 19.5 Å². The summed E-state index contributed by atoms with van der Waals surface area (Å²) in [7, 11) is 0.610. The standard InChI is InChI=1S/C26H30N2O6S/c1-19-15-21(13-14-23(19)32-2)35(30,31)28(17-20-9-6-5-7-10-20)18-26(29)27-16-22-24(33-3)11-8-12-25(22)34-4/h5-15H,16-18H2,1-4H3,(H,27,29). The molecule has 3 aromatic rings. The number of nitrogens with zero attached hydrogens (tertiary/aromatic N) is 1. The second-order valence-electron chi connectivity index (χ2n) is 7.81. The molecule has 3 rings (SSSR count). The molecule has 0 bridgehead atoms. The van der Waals surface area contributed by atoms with Gasteiger partial charge in [-0.1, -0.05) is 36.4 Å². The number of ether oxygens (including phenoxy) is 3. The number of nitrogens with one attached hydrogen (secondary N) is 1. The Morgan fingerprint density at radius 2 is 1.49 bits per heavy atom. The normalized spacial score (nSPS) is 11.2. The van der Waals surface area contributed by atoms with Crippen LogP contribution in [-0.4, -0.2) is 46.5 Å². The molecule has 0 aliphatic carbocycles. The lowest BCUT2D eigenvalue weighted by Gasteiger charge is -2.23. The zero-order valence-corrected chi connectivity index (χ0v) is 21.1. The van der Waals surface area contributed by atoms with Gasteiger partial charge in [-0.2, -0.15) is 4.31 Å². The summed E-state index contributed by atoms with van der Waals surface area (Å²) in [6.45, 7) is 1.57. The van der Waals surface area contributed by atoms with Crippen molar-refractivity contribution in [2.45, 2.75) is 24.9 Å². The summed E-state index contributed by atoms with van der Waals surface area (Å²) in [5.74, 6) is 1.25. The van der Waals surface area contributed by atoms with Crippen LogP contribution in [0.3, 0.4) is 0 Å². The van der Waals surface area contributed by atoms with Gasteiger partial charge in [0.15, 0.2) is 0 Å². The number of aryl methyl sites for hydroxylation is 1. The first-order chi connectivity index (χ1) is 16.8. The van der Waals surface area contributed by atoms with Gasteiger partial charge in [-0.25, -0.2) is 8.42 Å². The molecule has 0 unspecified atom stereocenters. The van der Waals surface area contributed by atoms with Crippen LogP contribution in [0, 0.1) is 6.92 Å². The maximum Gasteiger partial charge on any atom is 0.243 e. The monoisotopic (exact) mass is 498 g/mol.